The van der Waals surface area contributed by atoms with Crippen LogP contribution in [0.25, 0.3) is 6.08 Å². The van der Waals surface area contributed by atoms with Crippen LogP contribution in [0.4, 0.5) is 0 Å². The SMILES string of the molecule is O=C(/C=C/c1ccc(Br)s1)NCC1(c2ccccc2)CC1. The van der Waals surface area contributed by atoms with Crippen LogP contribution in [0.2, 0.25) is 0 Å². The topological polar surface area (TPSA) is 29.1 Å². The van der Waals surface area contributed by atoms with E-state index in [-0.39, 0.29) is 11.3 Å². The van der Waals surface area contributed by atoms with E-state index in [9.17, 15) is 4.79 Å². The molecule has 3 rings (SSSR count). The van der Waals surface area contributed by atoms with Gasteiger partial charge in [-0.2, -0.15) is 0 Å². The van der Waals surface area contributed by atoms with E-state index in [1.54, 1.807) is 17.4 Å². The Labute approximate surface area is 137 Å². The molecule has 0 radical (unpaired) electrons. The predicted octanol–water partition coefficient (Wildman–Crippen LogP) is 4.37. The lowest BCUT2D eigenvalue weighted by molar-refractivity contribution is -0.116. The highest BCUT2D eigenvalue weighted by molar-refractivity contribution is 9.11. The van der Waals surface area contributed by atoms with Crippen molar-refractivity contribution in [3.63, 3.8) is 0 Å². The minimum Gasteiger partial charge on any atom is -0.352 e. The Morgan fingerprint density at radius 2 is 2.00 bits per heavy atom. The highest BCUT2D eigenvalue weighted by Crippen LogP contribution is 2.47. The Morgan fingerprint density at radius 1 is 1.24 bits per heavy atom. The normalized spacial score (nSPS) is 16.0. The molecule has 21 heavy (non-hydrogen) atoms. The van der Waals surface area contributed by atoms with Crippen molar-refractivity contribution in [3.05, 3.63) is 62.8 Å². The summed E-state index contributed by atoms with van der Waals surface area (Å²) in [4.78, 5) is 13.0. The van der Waals surface area contributed by atoms with Crippen molar-refractivity contribution in [2.45, 2.75) is 18.3 Å². The largest absolute Gasteiger partial charge is 0.352 e. The number of rotatable bonds is 5. The van der Waals surface area contributed by atoms with Crippen molar-refractivity contribution < 1.29 is 4.79 Å². The number of hydrogen-bond donors (Lipinski definition) is 1. The second kappa shape index (κ2) is 6.16. The third-order valence-corrected chi connectivity index (χ3v) is 5.42. The minimum absolute atomic E-state index is 0.0262. The summed E-state index contributed by atoms with van der Waals surface area (Å²) >= 11 is 5.03. The summed E-state index contributed by atoms with van der Waals surface area (Å²) in [6.07, 6.45) is 5.77. The second-order valence-electron chi connectivity index (χ2n) is 5.34. The third-order valence-electron chi connectivity index (χ3n) is 3.83. The molecule has 1 aromatic heterocycles. The highest BCUT2D eigenvalue weighted by atomic mass is 79.9. The first kappa shape index (κ1) is 14.5. The summed E-state index contributed by atoms with van der Waals surface area (Å²) in [5, 5.41) is 3.03. The van der Waals surface area contributed by atoms with E-state index < -0.39 is 0 Å². The smallest absolute Gasteiger partial charge is 0.244 e. The van der Waals surface area contributed by atoms with E-state index in [0.717, 1.165) is 21.5 Å². The van der Waals surface area contributed by atoms with Gasteiger partial charge in [-0.05, 0) is 52.5 Å². The number of amides is 1. The molecule has 2 nitrogen and oxygen atoms in total. The zero-order valence-corrected chi connectivity index (χ0v) is 13.9. The van der Waals surface area contributed by atoms with Gasteiger partial charge in [-0.25, -0.2) is 0 Å². The van der Waals surface area contributed by atoms with E-state index in [0.29, 0.717) is 6.54 Å². The maximum Gasteiger partial charge on any atom is 0.244 e. The van der Waals surface area contributed by atoms with Gasteiger partial charge in [0.25, 0.3) is 0 Å². The van der Waals surface area contributed by atoms with Crippen molar-refractivity contribution in [2.24, 2.45) is 0 Å². The maximum atomic E-state index is 11.9. The second-order valence-corrected chi connectivity index (χ2v) is 7.83. The Kier molecular flexibility index (Phi) is 4.27. The van der Waals surface area contributed by atoms with E-state index in [1.165, 1.54) is 5.56 Å². The van der Waals surface area contributed by atoms with Crippen LogP contribution in [-0.2, 0) is 10.2 Å². The van der Waals surface area contributed by atoms with E-state index in [4.69, 9.17) is 0 Å². The van der Waals surface area contributed by atoms with Crippen LogP contribution in [0.5, 0.6) is 0 Å². The van der Waals surface area contributed by atoms with Crippen molar-refractivity contribution >= 4 is 39.2 Å². The lowest BCUT2D eigenvalue weighted by Gasteiger charge is -2.15. The van der Waals surface area contributed by atoms with Gasteiger partial charge in [-0.1, -0.05) is 30.3 Å². The molecule has 1 fully saturated rings. The molecule has 1 N–H and O–H groups in total. The number of benzene rings is 1. The van der Waals surface area contributed by atoms with Gasteiger partial charge in [0.15, 0.2) is 0 Å². The van der Waals surface area contributed by atoms with Gasteiger partial charge >= 0.3 is 0 Å². The van der Waals surface area contributed by atoms with Crippen LogP contribution in [-0.4, -0.2) is 12.5 Å². The first-order valence-electron chi connectivity index (χ1n) is 6.95. The third kappa shape index (κ3) is 3.63. The number of hydrogen-bond acceptors (Lipinski definition) is 2. The van der Waals surface area contributed by atoms with Gasteiger partial charge in [0.1, 0.15) is 0 Å². The molecule has 1 heterocycles. The number of carbonyl (C=O) groups excluding carboxylic acids is 1. The van der Waals surface area contributed by atoms with Crippen LogP contribution < -0.4 is 5.32 Å². The number of thiophene rings is 1. The van der Waals surface area contributed by atoms with Crippen LogP contribution in [0, 0.1) is 0 Å². The molecule has 1 aliphatic rings. The molecule has 1 amide bonds. The minimum atomic E-state index is -0.0262. The zero-order chi connectivity index (χ0) is 14.7. The molecule has 0 unspecified atom stereocenters. The quantitative estimate of drug-likeness (QED) is 0.787. The summed E-state index contributed by atoms with van der Waals surface area (Å²) in [5.41, 5.74) is 1.49. The first-order valence-corrected chi connectivity index (χ1v) is 8.56. The molecular weight excluding hydrogens is 346 g/mol. The number of halogens is 1. The standard InChI is InChI=1S/C17H16BrNOS/c18-15-8-6-14(21-15)7-9-16(20)19-12-17(10-11-17)13-4-2-1-3-5-13/h1-9H,10-12H2,(H,19,20)/b9-7+. The molecule has 2 aromatic rings. The first-order chi connectivity index (χ1) is 10.2. The molecular formula is C17H16BrNOS. The van der Waals surface area contributed by atoms with E-state index >= 15 is 0 Å². The van der Waals surface area contributed by atoms with Crippen LogP contribution in [0.1, 0.15) is 23.3 Å². The van der Waals surface area contributed by atoms with Gasteiger partial charge in [0, 0.05) is 22.9 Å². The summed E-state index contributed by atoms with van der Waals surface area (Å²) in [7, 11) is 0. The van der Waals surface area contributed by atoms with Crippen molar-refractivity contribution in [3.8, 4) is 0 Å². The summed E-state index contributed by atoms with van der Waals surface area (Å²) in [6, 6.07) is 14.4. The Balaban J connectivity index is 1.56. The van der Waals surface area contributed by atoms with Crippen LogP contribution in [0.3, 0.4) is 0 Å². The maximum absolute atomic E-state index is 11.9. The Hall–Kier alpha value is -1.39. The molecule has 4 heteroatoms. The highest BCUT2D eigenvalue weighted by Gasteiger charge is 2.43. The predicted molar refractivity (Wildman–Crippen MR) is 91.4 cm³/mol. The summed E-state index contributed by atoms with van der Waals surface area (Å²) in [5.74, 6) is -0.0262. The molecule has 1 aliphatic carbocycles. The van der Waals surface area contributed by atoms with Gasteiger partial charge < -0.3 is 5.32 Å². The monoisotopic (exact) mass is 361 g/mol. The fraction of sp³-hybridized carbons (Fsp3) is 0.235. The van der Waals surface area contributed by atoms with Crippen molar-refractivity contribution in [1.82, 2.24) is 5.32 Å². The average molecular weight is 362 g/mol. The number of carbonyl (C=O) groups is 1. The molecule has 0 saturated heterocycles. The Bertz CT molecular complexity index is 658. The van der Waals surface area contributed by atoms with Crippen molar-refractivity contribution in [1.29, 1.82) is 0 Å². The molecule has 0 aliphatic heterocycles. The average Bonchev–Trinajstić information content (AvgIpc) is 3.20. The fourth-order valence-electron chi connectivity index (χ4n) is 2.40. The fourth-order valence-corrected chi connectivity index (χ4v) is 3.73. The molecule has 1 saturated carbocycles. The lowest BCUT2D eigenvalue weighted by atomic mass is 9.96. The lowest BCUT2D eigenvalue weighted by Crippen LogP contribution is -2.30. The van der Waals surface area contributed by atoms with Gasteiger partial charge in [-0.15, -0.1) is 11.3 Å². The summed E-state index contributed by atoms with van der Waals surface area (Å²) in [6.45, 7) is 0.717. The molecule has 108 valence electrons. The zero-order valence-electron chi connectivity index (χ0n) is 11.5. The van der Waals surface area contributed by atoms with Crippen LogP contribution in [0.15, 0.2) is 52.3 Å². The molecule has 1 aromatic carbocycles. The Morgan fingerprint density at radius 3 is 2.62 bits per heavy atom. The number of nitrogens with one attached hydrogen (secondary N) is 1. The summed E-state index contributed by atoms with van der Waals surface area (Å²) < 4.78 is 1.07. The van der Waals surface area contributed by atoms with Gasteiger partial charge in [0.05, 0.1) is 3.79 Å². The molecule has 0 bridgehead atoms. The van der Waals surface area contributed by atoms with E-state index in [2.05, 4.69) is 45.5 Å². The van der Waals surface area contributed by atoms with Crippen LogP contribution >= 0.6 is 27.3 Å². The van der Waals surface area contributed by atoms with Crippen molar-refractivity contribution in [2.75, 3.05) is 6.54 Å². The van der Waals surface area contributed by atoms with E-state index in [1.807, 2.05) is 24.3 Å². The van der Waals surface area contributed by atoms with Gasteiger partial charge in [-0.3, -0.25) is 4.79 Å². The van der Waals surface area contributed by atoms with Gasteiger partial charge in [0.2, 0.25) is 5.91 Å². The molecule has 0 atom stereocenters. The molecule has 0 spiro atoms.